The normalized spacial score (nSPS) is 22.1. The molecule has 1 aromatic carbocycles. The average molecular weight is 246 g/mol. The molecule has 0 radical (unpaired) electrons. The second-order valence-electron chi connectivity index (χ2n) is 5.63. The van der Waals surface area contributed by atoms with Crippen molar-refractivity contribution in [1.82, 2.24) is 10.2 Å². The maximum absolute atomic E-state index is 3.64. The molecule has 1 heterocycles. The molecule has 0 bridgehead atoms. The first-order chi connectivity index (χ1) is 8.75. The number of nitrogens with zero attached hydrogens (tertiary/aromatic N) is 1. The van der Waals surface area contributed by atoms with Crippen molar-refractivity contribution in [3.63, 3.8) is 0 Å². The Balaban J connectivity index is 1.79. The van der Waals surface area contributed by atoms with E-state index >= 15 is 0 Å². The molecule has 2 atom stereocenters. The fourth-order valence-electron chi connectivity index (χ4n) is 2.74. The van der Waals surface area contributed by atoms with Crippen LogP contribution in [0.4, 0.5) is 0 Å². The molecule has 1 fully saturated rings. The van der Waals surface area contributed by atoms with Crippen molar-refractivity contribution in [2.75, 3.05) is 13.6 Å². The van der Waals surface area contributed by atoms with Gasteiger partial charge in [0.15, 0.2) is 0 Å². The lowest BCUT2D eigenvalue weighted by molar-refractivity contribution is 0.209. The molecule has 0 aliphatic carbocycles. The molecule has 1 N–H and O–H groups in total. The Morgan fingerprint density at radius 1 is 1.28 bits per heavy atom. The minimum atomic E-state index is 0.640. The van der Waals surface area contributed by atoms with Crippen LogP contribution >= 0.6 is 0 Å². The number of nitrogens with one attached hydrogen (secondary N) is 1. The van der Waals surface area contributed by atoms with Crippen LogP contribution in [0, 0.1) is 0 Å². The van der Waals surface area contributed by atoms with Crippen molar-refractivity contribution < 1.29 is 0 Å². The Morgan fingerprint density at radius 3 is 2.72 bits per heavy atom. The van der Waals surface area contributed by atoms with E-state index in [1.54, 1.807) is 0 Å². The Hall–Kier alpha value is -0.860. The van der Waals surface area contributed by atoms with E-state index in [0.29, 0.717) is 6.04 Å². The molecule has 2 rings (SSSR count). The van der Waals surface area contributed by atoms with Gasteiger partial charge in [-0.15, -0.1) is 0 Å². The van der Waals surface area contributed by atoms with Gasteiger partial charge in [-0.1, -0.05) is 36.8 Å². The van der Waals surface area contributed by atoms with Gasteiger partial charge in [0.25, 0.3) is 0 Å². The van der Waals surface area contributed by atoms with E-state index in [9.17, 15) is 0 Å². The Labute approximate surface area is 111 Å². The lowest BCUT2D eigenvalue weighted by Crippen LogP contribution is -2.40. The second-order valence-corrected chi connectivity index (χ2v) is 5.63. The molecular formula is C16H26N2. The van der Waals surface area contributed by atoms with Gasteiger partial charge in [0.05, 0.1) is 0 Å². The van der Waals surface area contributed by atoms with Crippen LogP contribution in [0.25, 0.3) is 0 Å². The average Bonchev–Trinajstić information content (AvgIpc) is 2.41. The summed E-state index contributed by atoms with van der Waals surface area (Å²) in [7, 11) is 2.24. The minimum absolute atomic E-state index is 0.640. The molecule has 18 heavy (non-hydrogen) atoms. The van der Waals surface area contributed by atoms with Gasteiger partial charge in [-0.05, 0) is 45.3 Å². The van der Waals surface area contributed by atoms with E-state index in [4.69, 9.17) is 0 Å². The van der Waals surface area contributed by atoms with Crippen LogP contribution in [-0.4, -0.2) is 30.6 Å². The maximum Gasteiger partial charge on any atom is 0.0233 e. The van der Waals surface area contributed by atoms with E-state index in [0.717, 1.165) is 12.6 Å². The highest BCUT2D eigenvalue weighted by Gasteiger charge is 2.18. The van der Waals surface area contributed by atoms with Gasteiger partial charge >= 0.3 is 0 Å². The number of hydrogen-bond acceptors (Lipinski definition) is 2. The molecule has 1 aromatic rings. The van der Waals surface area contributed by atoms with Gasteiger partial charge < -0.3 is 5.32 Å². The van der Waals surface area contributed by atoms with Crippen molar-refractivity contribution in [2.24, 2.45) is 0 Å². The quantitative estimate of drug-likeness (QED) is 0.859. The summed E-state index contributed by atoms with van der Waals surface area (Å²) in [5, 5.41) is 3.64. The summed E-state index contributed by atoms with van der Waals surface area (Å²) >= 11 is 0. The Morgan fingerprint density at radius 2 is 2.06 bits per heavy atom. The third-order valence-corrected chi connectivity index (χ3v) is 4.07. The third-order valence-electron chi connectivity index (χ3n) is 4.07. The number of rotatable bonds is 5. The van der Waals surface area contributed by atoms with E-state index in [-0.39, 0.29) is 0 Å². The predicted octanol–water partition coefficient (Wildman–Crippen LogP) is 3.04. The summed E-state index contributed by atoms with van der Waals surface area (Å²) in [5.41, 5.74) is 1.41. The summed E-state index contributed by atoms with van der Waals surface area (Å²) in [6.07, 6.45) is 5.37. The zero-order valence-electron chi connectivity index (χ0n) is 11.7. The molecule has 100 valence electrons. The lowest BCUT2D eigenvalue weighted by atomic mass is 9.98. The van der Waals surface area contributed by atoms with E-state index in [1.165, 1.54) is 37.8 Å². The summed E-state index contributed by atoms with van der Waals surface area (Å²) in [6, 6.07) is 12.1. The van der Waals surface area contributed by atoms with Gasteiger partial charge in [-0.25, -0.2) is 0 Å². The molecule has 0 amide bonds. The smallest absolute Gasteiger partial charge is 0.0233 e. The fourth-order valence-corrected chi connectivity index (χ4v) is 2.74. The van der Waals surface area contributed by atoms with Crippen molar-refractivity contribution in [1.29, 1.82) is 0 Å². The molecule has 0 saturated carbocycles. The monoisotopic (exact) mass is 246 g/mol. The molecule has 0 spiro atoms. The topological polar surface area (TPSA) is 15.3 Å². The minimum Gasteiger partial charge on any atom is -0.314 e. The van der Waals surface area contributed by atoms with Crippen molar-refractivity contribution in [3.05, 3.63) is 35.9 Å². The molecular weight excluding hydrogens is 220 g/mol. The summed E-state index contributed by atoms with van der Waals surface area (Å²) in [5.74, 6) is 0. The van der Waals surface area contributed by atoms with Crippen LogP contribution in [0.2, 0.25) is 0 Å². The maximum atomic E-state index is 3.64. The lowest BCUT2D eigenvalue weighted by Gasteiger charge is -2.31. The number of benzene rings is 1. The Bertz CT molecular complexity index is 330. The first-order valence-electron chi connectivity index (χ1n) is 7.23. The van der Waals surface area contributed by atoms with E-state index in [2.05, 4.69) is 54.5 Å². The van der Waals surface area contributed by atoms with Crippen LogP contribution in [0.15, 0.2) is 30.3 Å². The van der Waals surface area contributed by atoms with Crippen molar-refractivity contribution in [2.45, 2.75) is 51.2 Å². The van der Waals surface area contributed by atoms with Gasteiger partial charge in [-0.2, -0.15) is 0 Å². The molecule has 2 heteroatoms. The molecule has 2 unspecified atom stereocenters. The fraction of sp³-hybridized carbons (Fsp3) is 0.625. The molecule has 2 nitrogen and oxygen atoms in total. The SMILES string of the molecule is CC(CC1CCCCN1)N(C)Cc1ccccc1. The van der Waals surface area contributed by atoms with E-state index in [1.807, 2.05) is 0 Å². The van der Waals surface area contributed by atoms with Gasteiger partial charge in [0, 0.05) is 18.6 Å². The molecule has 1 aliphatic rings. The van der Waals surface area contributed by atoms with Crippen LogP contribution < -0.4 is 5.32 Å². The largest absolute Gasteiger partial charge is 0.314 e. The number of hydrogen-bond donors (Lipinski definition) is 1. The highest BCUT2D eigenvalue weighted by Crippen LogP contribution is 2.15. The van der Waals surface area contributed by atoms with Crippen LogP contribution in [0.5, 0.6) is 0 Å². The van der Waals surface area contributed by atoms with Gasteiger partial charge in [0.2, 0.25) is 0 Å². The number of piperidine rings is 1. The van der Waals surface area contributed by atoms with Crippen molar-refractivity contribution >= 4 is 0 Å². The van der Waals surface area contributed by atoms with Gasteiger partial charge in [-0.3, -0.25) is 4.90 Å². The highest BCUT2D eigenvalue weighted by atomic mass is 15.1. The Kier molecular flexibility index (Phi) is 5.21. The highest BCUT2D eigenvalue weighted by molar-refractivity contribution is 5.14. The zero-order valence-corrected chi connectivity index (χ0v) is 11.7. The summed E-state index contributed by atoms with van der Waals surface area (Å²) in [4.78, 5) is 2.46. The molecule has 1 saturated heterocycles. The third kappa shape index (κ3) is 4.11. The summed E-state index contributed by atoms with van der Waals surface area (Å²) < 4.78 is 0. The first kappa shape index (κ1) is 13.6. The van der Waals surface area contributed by atoms with Crippen LogP contribution in [0.3, 0.4) is 0 Å². The van der Waals surface area contributed by atoms with Crippen LogP contribution in [-0.2, 0) is 6.54 Å². The summed E-state index contributed by atoms with van der Waals surface area (Å²) in [6.45, 7) is 4.60. The van der Waals surface area contributed by atoms with Crippen LogP contribution in [0.1, 0.15) is 38.2 Å². The second kappa shape index (κ2) is 6.91. The molecule has 1 aliphatic heterocycles. The standard InChI is InChI=1S/C16H26N2/c1-14(12-16-10-6-7-11-17-16)18(2)13-15-8-4-3-5-9-15/h3-5,8-9,14,16-17H,6-7,10-13H2,1-2H3. The molecule has 0 aromatic heterocycles. The predicted molar refractivity (Wildman–Crippen MR) is 77.6 cm³/mol. The van der Waals surface area contributed by atoms with Gasteiger partial charge in [0.1, 0.15) is 0 Å². The zero-order chi connectivity index (χ0) is 12.8. The van der Waals surface area contributed by atoms with E-state index < -0.39 is 0 Å². The van der Waals surface area contributed by atoms with Crippen molar-refractivity contribution in [3.8, 4) is 0 Å². The first-order valence-corrected chi connectivity index (χ1v) is 7.23.